The minimum absolute atomic E-state index is 0.627. The SMILES string of the molecule is COc1cc2nc(CCCN)n(Cc3ccccc3Cl)c2cc1OC. The molecule has 3 aromatic rings. The Kier molecular flexibility index (Phi) is 5.46. The summed E-state index contributed by atoms with van der Waals surface area (Å²) in [7, 11) is 3.26. The van der Waals surface area contributed by atoms with Crippen LogP contribution in [0.5, 0.6) is 11.5 Å². The smallest absolute Gasteiger partial charge is 0.163 e. The molecule has 1 aromatic heterocycles. The van der Waals surface area contributed by atoms with Gasteiger partial charge in [-0.05, 0) is 24.6 Å². The first-order valence-electron chi connectivity index (χ1n) is 8.22. The molecule has 0 bridgehead atoms. The van der Waals surface area contributed by atoms with Gasteiger partial charge in [-0.3, -0.25) is 0 Å². The zero-order valence-corrected chi connectivity index (χ0v) is 15.2. The number of imidazole rings is 1. The molecule has 5 nitrogen and oxygen atoms in total. The van der Waals surface area contributed by atoms with E-state index in [9.17, 15) is 0 Å². The molecule has 0 fully saturated rings. The van der Waals surface area contributed by atoms with Crippen molar-refractivity contribution >= 4 is 22.6 Å². The monoisotopic (exact) mass is 359 g/mol. The Bertz CT molecular complexity index is 876. The summed E-state index contributed by atoms with van der Waals surface area (Å²) in [5, 5.41) is 0.745. The number of hydrogen-bond acceptors (Lipinski definition) is 4. The number of hydrogen-bond donors (Lipinski definition) is 1. The number of aromatic nitrogens is 2. The lowest BCUT2D eigenvalue weighted by atomic mass is 10.2. The van der Waals surface area contributed by atoms with Crippen molar-refractivity contribution in [1.82, 2.24) is 9.55 Å². The highest BCUT2D eigenvalue weighted by molar-refractivity contribution is 6.31. The van der Waals surface area contributed by atoms with Gasteiger partial charge in [-0.25, -0.2) is 4.98 Å². The topological polar surface area (TPSA) is 62.3 Å². The summed E-state index contributed by atoms with van der Waals surface area (Å²) in [5.41, 5.74) is 8.60. The zero-order chi connectivity index (χ0) is 17.8. The van der Waals surface area contributed by atoms with Gasteiger partial charge in [0.15, 0.2) is 11.5 Å². The van der Waals surface area contributed by atoms with Gasteiger partial charge in [0.2, 0.25) is 0 Å². The van der Waals surface area contributed by atoms with Gasteiger partial charge >= 0.3 is 0 Å². The average Bonchev–Trinajstić information content (AvgIpc) is 2.97. The minimum atomic E-state index is 0.627. The summed E-state index contributed by atoms with van der Waals surface area (Å²) in [6, 6.07) is 11.7. The number of ether oxygens (including phenoxy) is 2. The zero-order valence-electron chi connectivity index (χ0n) is 14.5. The summed E-state index contributed by atoms with van der Waals surface area (Å²) >= 11 is 6.36. The van der Waals surface area contributed by atoms with E-state index in [0.29, 0.717) is 24.6 Å². The van der Waals surface area contributed by atoms with Crippen molar-refractivity contribution in [3.05, 3.63) is 52.8 Å². The molecule has 2 aromatic carbocycles. The van der Waals surface area contributed by atoms with Crippen molar-refractivity contribution in [3.63, 3.8) is 0 Å². The van der Waals surface area contributed by atoms with Crippen molar-refractivity contribution in [1.29, 1.82) is 0 Å². The number of halogens is 1. The predicted octanol–water partition coefficient (Wildman–Crippen LogP) is 3.65. The molecule has 3 rings (SSSR count). The standard InChI is InChI=1S/C19H22ClN3O2/c1-24-17-10-15-16(11-18(17)25-2)23(19(22-15)8-5-9-21)12-13-6-3-4-7-14(13)20/h3-4,6-7,10-11H,5,8-9,12,21H2,1-2H3. The lowest BCUT2D eigenvalue weighted by Crippen LogP contribution is -2.08. The van der Waals surface area contributed by atoms with Gasteiger partial charge in [-0.2, -0.15) is 0 Å². The number of fused-ring (bicyclic) bond motifs is 1. The number of nitrogens with two attached hydrogens (primary N) is 1. The molecule has 0 aliphatic rings. The fourth-order valence-corrected chi connectivity index (χ4v) is 3.12. The molecule has 1 heterocycles. The number of methoxy groups -OCH3 is 2. The Morgan fingerprint density at radius 3 is 2.52 bits per heavy atom. The van der Waals surface area contributed by atoms with Crippen LogP contribution in [0.4, 0.5) is 0 Å². The second-order valence-electron chi connectivity index (χ2n) is 5.79. The molecular weight excluding hydrogens is 338 g/mol. The summed E-state index contributed by atoms with van der Waals surface area (Å²) in [4.78, 5) is 4.79. The minimum Gasteiger partial charge on any atom is -0.493 e. The molecule has 0 aliphatic heterocycles. The molecule has 132 valence electrons. The van der Waals surface area contributed by atoms with E-state index in [-0.39, 0.29) is 0 Å². The number of benzene rings is 2. The normalized spacial score (nSPS) is 11.0. The molecule has 0 amide bonds. The van der Waals surface area contributed by atoms with E-state index in [0.717, 1.165) is 40.3 Å². The van der Waals surface area contributed by atoms with Crippen LogP contribution in [-0.4, -0.2) is 30.3 Å². The van der Waals surface area contributed by atoms with E-state index >= 15 is 0 Å². The lowest BCUT2D eigenvalue weighted by Gasteiger charge is -2.12. The van der Waals surface area contributed by atoms with Gasteiger partial charge in [0.25, 0.3) is 0 Å². The largest absolute Gasteiger partial charge is 0.493 e. The van der Waals surface area contributed by atoms with E-state index in [1.165, 1.54) is 0 Å². The quantitative estimate of drug-likeness (QED) is 0.699. The molecule has 0 saturated heterocycles. The van der Waals surface area contributed by atoms with Crippen LogP contribution in [0.2, 0.25) is 5.02 Å². The molecule has 25 heavy (non-hydrogen) atoms. The van der Waals surface area contributed by atoms with Crippen molar-refractivity contribution in [2.24, 2.45) is 5.73 Å². The van der Waals surface area contributed by atoms with Crippen LogP contribution in [0, 0.1) is 0 Å². The Morgan fingerprint density at radius 1 is 1.12 bits per heavy atom. The molecule has 0 atom stereocenters. The van der Waals surface area contributed by atoms with E-state index < -0.39 is 0 Å². The predicted molar refractivity (Wildman–Crippen MR) is 101 cm³/mol. The highest BCUT2D eigenvalue weighted by Crippen LogP contribution is 2.33. The van der Waals surface area contributed by atoms with E-state index in [1.54, 1.807) is 14.2 Å². The van der Waals surface area contributed by atoms with Crippen LogP contribution in [-0.2, 0) is 13.0 Å². The second kappa shape index (κ2) is 7.76. The highest BCUT2D eigenvalue weighted by atomic mass is 35.5. The lowest BCUT2D eigenvalue weighted by molar-refractivity contribution is 0.355. The maximum Gasteiger partial charge on any atom is 0.163 e. The molecule has 6 heteroatoms. The van der Waals surface area contributed by atoms with E-state index in [1.807, 2.05) is 36.4 Å². The Hall–Kier alpha value is -2.24. The molecular formula is C19H22ClN3O2. The number of aryl methyl sites for hydroxylation is 1. The summed E-state index contributed by atoms with van der Waals surface area (Å²) < 4.78 is 13.0. The first kappa shape index (κ1) is 17.6. The Morgan fingerprint density at radius 2 is 1.84 bits per heavy atom. The third-order valence-corrected chi connectivity index (χ3v) is 4.59. The first-order valence-corrected chi connectivity index (χ1v) is 8.60. The van der Waals surface area contributed by atoms with Crippen molar-refractivity contribution < 1.29 is 9.47 Å². The van der Waals surface area contributed by atoms with Gasteiger partial charge in [-0.1, -0.05) is 29.8 Å². The van der Waals surface area contributed by atoms with Gasteiger partial charge in [-0.15, -0.1) is 0 Å². The highest BCUT2D eigenvalue weighted by Gasteiger charge is 2.16. The van der Waals surface area contributed by atoms with Gasteiger partial charge in [0.05, 0.1) is 31.8 Å². The summed E-state index contributed by atoms with van der Waals surface area (Å²) in [5.74, 6) is 2.33. The van der Waals surface area contributed by atoms with E-state index in [4.69, 9.17) is 31.8 Å². The molecule has 0 saturated carbocycles. The average molecular weight is 360 g/mol. The molecule has 0 unspecified atom stereocenters. The van der Waals surface area contributed by atoms with Crippen molar-refractivity contribution in [2.75, 3.05) is 20.8 Å². The van der Waals surface area contributed by atoms with Gasteiger partial charge < -0.3 is 19.8 Å². The van der Waals surface area contributed by atoms with Gasteiger partial charge in [0, 0.05) is 23.6 Å². The number of nitrogens with zero attached hydrogens (tertiary/aromatic N) is 2. The maximum absolute atomic E-state index is 6.36. The first-order chi connectivity index (χ1) is 12.2. The van der Waals surface area contributed by atoms with Crippen LogP contribution in [0.15, 0.2) is 36.4 Å². The van der Waals surface area contributed by atoms with Gasteiger partial charge in [0.1, 0.15) is 5.82 Å². The Labute approximate surface area is 152 Å². The summed E-state index contributed by atoms with van der Waals surface area (Å²) in [6.07, 6.45) is 1.68. The third-order valence-electron chi connectivity index (χ3n) is 4.22. The second-order valence-corrected chi connectivity index (χ2v) is 6.20. The van der Waals surface area contributed by atoms with Crippen LogP contribution in [0.1, 0.15) is 17.8 Å². The fraction of sp³-hybridized carbons (Fsp3) is 0.316. The molecule has 2 N–H and O–H groups in total. The maximum atomic E-state index is 6.36. The van der Waals surface area contributed by atoms with Crippen LogP contribution in [0.25, 0.3) is 11.0 Å². The van der Waals surface area contributed by atoms with Crippen molar-refractivity contribution in [2.45, 2.75) is 19.4 Å². The van der Waals surface area contributed by atoms with Crippen LogP contribution < -0.4 is 15.2 Å². The van der Waals surface area contributed by atoms with Crippen LogP contribution >= 0.6 is 11.6 Å². The Balaban J connectivity index is 2.13. The molecule has 0 spiro atoms. The summed E-state index contributed by atoms with van der Waals surface area (Å²) in [6.45, 7) is 1.27. The van der Waals surface area contributed by atoms with Crippen molar-refractivity contribution in [3.8, 4) is 11.5 Å². The molecule has 0 aliphatic carbocycles. The molecule has 0 radical (unpaired) electrons. The number of rotatable bonds is 7. The van der Waals surface area contributed by atoms with E-state index in [2.05, 4.69) is 4.57 Å². The third kappa shape index (κ3) is 3.57. The fourth-order valence-electron chi connectivity index (χ4n) is 2.93. The van der Waals surface area contributed by atoms with Crippen LogP contribution in [0.3, 0.4) is 0 Å².